The zero-order chi connectivity index (χ0) is 24.9. The minimum Gasteiger partial charge on any atom is -0.490 e. The molecule has 1 N–H and O–H groups in total. The van der Waals surface area contributed by atoms with Crippen LogP contribution in [-0.4, -0.2) is 39.3 Å². The summed E-state index contributed by atoms with van der Waals surface area (Å²) in [6, 6.07) is 19.1. The molecular formula is C27H27N5O3S. The topological polar surface area (TPSA) is 91.2 Å². The van der Waals surface area contributed by atoms with E-state index in [-0.39, 0.29) is 17.9 Å². The van der Waals surface area contributed by atoms with Crippen molar-refractivity contribution in [3.05, 3.63) is 76.5 Å². The molecule has 1 aliphatic heterocycles. The quantitative estimate of drug-likeness (QED) is 0.355. The Hall–Kier alpha value is -3.98. The third kappa shape index (κ3) is 5.16. The highest BCUT2D eigenvalue weighted by atomic mass is 32.1. The number of aromatic nitrogens is 4. The van der Waals surface area contributed by atoms with Crippen molar-refractivity contribution in [2.75, 3.05) is 13.2 Å². The van der Waals surface area contributed by atoms with E-state index in [0.29, 0.717) is 30.5 Å². The van der Waals surface area contributed by atoms with Gasteiger partial charge in [-0.05, 0) is 51.6 Å². The van der Waals surface area contributed by atoms with E-state index in [4.69, 9.17) is 9.47 Å². The number of nitrogens with zero attached hydrogens (tertiary/aromatic N) is 4. The molecule has 1 atom stereocenters. The Balaban J connectivity index is 1.50. The Morgan fingerprint density at radius 3 is 2.61 bits per heavy atom. The summed E-state index contributed by atoms with van der Waals surface area (Å²) < 4.78 is 13.2. The third-order valence-electron chi connectivity index (χ3n) is 5.87. The summed E-state index contributed by atoms with van der Waals surface area (Å²) in [6.45, 7) is 5.37. The van der Waals surface area contributed by atoms with E-state index in [1.54, 1.807) is 0 Å². The molecule has 5 rings (SSSR count). The van der Waals surface area contributed by atoms with E-state index in [1.165, 1.54) is 16.0 Å². The molecule has 8 nitrogen and oxygen atoms in total. The SMILES string of the molecule is CC(C)[C@H](NC(=O)/C(=C\c1cccs1)n1nnnc1-c1ccccc1)c1ccc2c(c1)OCCCO2. The van der Waals surface area contributed by atoms with Crippen LogP contribution in [-0.2, 0) is 4.79 Å². The van der Waals surface area contributed by atoms with Crippen LogP contribution < -0.4 is 14.8 Å². The molecule has 2 aromatic carbocycles. The van der Waals surface area contributed by atoms with Gasteiger partial charge in [-0.3, -0.25) is 4.79 Å². The highest BCUT2D eigenvalue weighted by Crippen LogP contribution is 2.34. The van der Waals surface area contributed by atoms with Crippen molar-refractivity contribution in [1.82, 2.24) is 25.5 Å². The normalized spacial score (nSPS) is 14.4. The van der Waals surface area contributed by atoms with Gasteiger partial charge in [-0.25, -0.2) is 0 Å². The molecule has 1 aliphatic rings. The summed E-state index contributed by atoms with van der Waals surface area (Å²) in [5.74, 6) is 1.75. The second-order valence-corrected chi connectivity index (χ2v) is 9.76. The number of thiophene rings is 1. The Morgan fingerprint density at radius 1 is 1.06 bits per heavy atom. The maximum absolute atomic E-state index is 13.8. The summed E-state index contributed by atoms with van der Waals surface area (Å²) in [5, 5.41) is 17.4. The molecule has 2 aromatic heterocycles. The van der Waals surface area contributed by atoms with Crippen LogP contribution in [0.15, 0.2) is 66.0 Å². The van der Waals surface area contributed by atoms with Gasteiger partial charge in [-0.15, -0.1) is 16.4 Å². The molecule has 0 unspecified atom stereocenters. The van der Waals surface area contributed by atoms with Gasteiger partial charge >= 0.3 is 0 Å². The second-order valence-electron chi connectivity index (χ2n) is 8.78. The lowest BCUT2D eigenvalue weighted by atomic mass is 9.95. The molecule has 4 aromatic rings. The second kappa shape index (κ2) is 10.7. The van der Waals surface area contributed by atoms with Crippen molar-refractivity contribution in [2.24, 2.45) is 5.92 Å². The first-order chi connectivity index (χ1) is 17.6. The number of amides is 1. The summed E-state index contributed by atoms with van der Waals surface area (Å²) in [4.78, 5) is 14.8. The lowest BCUT2D eigenvalue weighted by molar-refractivity contribution is -0.117. The maximum Gasteiger partial charge on any atom is 0.270 e. The first-order valence-electron chi connectivity index (χ1n) is 11.9. The first-order valence-corrected chi connectivity index (χ1v) is 12.8. The Kier molecular flexibility index (Phi) is 7.08. The monoisotopic (exact) mass is 501 g/mol. The van der Waals surface area contributed by atoms with Crippen molar-refractivity contribution in [1.29, 1.82) is 0 Å². The summed E-state index contributed by atoms with van der Waals surface area (Å²) in [7, 11) is 0. The van der Waals surface area contributed by atoms with Gasteiger partial charge in [0, 0.05) is 16.9 Å². The number of hydrogen-bond acceptors (Lipinski definition) is 7. The number of tetrazole rings is 1. The van der Waals surface area contributed by atoms with Gasteiger partial charge in [0.05, 0.1) is 19.3 Å². The Morgan fingerprint density at radius 2 is 1.86 bits per heavy atom. The zero-order valence-corrected chi connectivity index (χ0v) is 20.9. The lowest BCUT2D eigenvalue weighted by Crippen LogP contribution is -2.34. The average Bonchev–Trinajstić information content (AvgIpc) is 3.53. The predicted octanol–water partition coefficient (Wildman–Crippen LogP) is 5.07. The minimum atomic E-state index is -0.279. The number of benzene rings is 2. The number of carbonyl (C=O) groups is 1. The van der Waals surface area contributed by atoms with Crippen LogP contribution in [0.3, 0.4) is 0 Å². The molecule has 0 saturated heterocycles. The van der Waals surface area contributed by atoms with E-state index < -0.39 is 0 Å². The van der Waals surface area contributed by atoms with E-state index in [1.807, 2.05) is 72.1 Å². The molecule has 36 heavy (non-hydrogen) atoms. The van der Waals surface area contributed by atoms with Gasteiger partial charge in [-0.1, -0.05) is 56.3 Å². The molecule has 0 fully saturated rings. The minimum absolute atomic E-state index is 0.115. The number of nitrogens with one attached hydrogen (secondary N) is 1. The van der Waals surface area contributed by atoms with Crippen molar-refractivity contribution in [3.63, 3.8) is 0 Å². The molecule has 0 saturated carbocycles. The smallest absolute Gasteiger partial charge is 0.270 e. The predicted molar refractivity (Wildman–Crippen MR) is 140 cm³/mol. The van der Waals surface area contributed by atoms with E-state index in [0.717, 1.165) is 28.2 Å². The molecule has 0 radical (unpaired) electrons. The maximum atomic E-state index is 13.8. The molecule has 9 heteroatoms. The largest absolute Gasteiger partial charge is 0.490 e. The van der Waals surface area contributed by atoms with Gasteiger partial charge in [-0.2, -0.15) is 4.68 Å². The molecule has 184 valence electrons. The average molecular weight is 502 g/mol. The van der Waals surface area contributed by atoms with Gasteiger partial charge in [0.1, 0.15) is 5.70 Å². The van der Waals surface area contributed by atoms with Crippen LogP contribution in [0.25, 0.3) is 23.2 Å². The molecule has 0 aliphatic carbocycles. The van der Waals surface area contributed by atoms with E-state index in [2.05, 4.69) is 34.7 Å². The van der Waals surface area contributed by atoms with E-state index in [9.17, 15) is 4.79 Å². The van der Waals surface area contributed by atoms with Crippen molar-refractivity contribution in [3.8, 4) is 22.9 Å². The fraction of sp³-hybridized carbons (Fsp3) is 0.259. The van der Waals surface area contributed by atoms with Crippen LogP contribution in [0.5, 0.6) is 11.5 Å². The Labute approximate surface area is 213 Å². The summed E-state index contributed by atoms with van der Waals surface area (Å²) >= 11 is 1.54. The van der Waals surface area contributed by atoms with Crippen molar-refractivity contribution < 1.29 is 14.3 Å². The number of ether oxygens (including phenoxy) is 2. The fourth-order valence-corrected chi connectivity index (χ4v) is 4.72. The Bertz CT molecular complexity index is 1350. The van der Waals surface area contributed by atoms with Crippen LogP contribution in [0.4, 0.5) is 0 Å². The van der Waals surface area contributed by atoms with Crippen molar-refractivity contribution in [2.45, 2.75) is 26.3 Å². The van der Waals surface area contributed by atoms with Crippen molar-refractivity contribution >= 4 is 29.0 Å². The first kappa shape index (κ1) is 23.7. The molecule has 0 bridgehead atoms. The van der Waals surface area contributed by atoms with Crippen LogP contribution in [0.1, 0.15) is 36.8 Å². The number of hydrogen-bond donors (Lipinski definition) is 1. The van der Waals surface area contributed by atoms with E-state index >= 15 is 0 Å². The van der Waals surface area contributed by atoms with Gasteiger partial charge < -0.3 is 14.8 Å². The number of fused-ring (bicyclic) bond motifs is 1. The number of carbonyl (C=O) groups excluding carboxylic acids is 1. The molecule has 0 spiro atoms. The summed E-state index contributed by atoms with van der Waals surface area (Å²) in [6.07, 6.45) is 2.65. The van der Waals surface area contributed by atoms with Crippen LogP contribution >= 0.6 is 11.3 Å². The number of rotatable bonds is 7. The lowest BCUT2D eigenvalue weighted by Gasteiger charge is -2.24. The molecule has 3 heterocycles. The fourth-order valence-electron chi connectivity index (χ4n) is 4.07. The molecule has 1 amide bonds. The van der Waals surface area contributed by atoms with Crippen LogP contribution in [0, 0.1) is 5.92 Å². The van der Waals surface area contributed by atoms with Gasteiger partial charge in [0.25, 0.3) is 5.91 Å². The van der Waals surface area contributed by atoms with Gasteiger partial charge in [0.2, 0.25) is 0 Å². The highest BCUT2D eigenvalue weighted by molar-refractivity contribution is 7.10. The summed E-state index contributed by atoms with van der Waals surface area (Å²) in [5.41, 5.74) is 2.09. The third-order valence-corrected chi connectivity index (χ3v) is 6.69. The highest BCUT2D eigenvalue weighted by Gasteiger charge is 2.25. The van der Waals surface area contributed by atoms with Crippen LogP contribution in [0.2, 0.25) is 0 Å². The zero-order valence-electron chi connectivity index (χ0n) is 20.1. The molecular weight excluding hydrogens is 474 g/mol. The van der Waals surface area contributed by atoms with Gasteiger partial charge in [0.15, 0.2) is 17.3 Å². The standard InChI is InChI=1S/C27H27N5O3S/c1-18(2)25(20-11-12-23-24(16-20)35-14-7-13-34-23)28-27(33)22(17-21-10-6-15-36-21)32-26(29-30-31-32)19-8-4-3-5-9-19/h3-6,8-12,15-18,25H,7,13-14H2,1-2H3,(H,28,33)/b22-17+/t25-/m0/s1.